The number of ether oxygens (including phenoxy) is 1. The summed E-state index contributed by atoms with van der Waals surface area (Å²) in [4.78, 5) is 46.2. The van der Waals surface area contributed by atoms with Crippen LogP contribution >= 0.6 is 11.3 Å². The van der Waals surface area contributed by atoms with Gasteiger partial charge in [-0.3, -0.25) is 14.4 Å². The highest BCUT2D eigenvalue weighted by Gasteiger charge is 2.25. The number of thiazole rings is 1. The Hall–Kier alpha value is -4.54. The van der Waals surface area contributed by atoms with Crippen LogP contribution in [0.5, 0.6) is 0 Å². The summed E-state index contributed by atoms with van der Waals surface area (Å²) < 4.78 is 5.37. The van der Waals surface area contributed by atoms with E-state index in [0.717, 1.165) is 35.2 Å². The molecule has 2 aliphatic rings. The third kappa shape index (κ3) is 6.93. The second-order valence-corrected chi connectivity index (χ2v) is 11.7. The van der Waals surface area contributed by atoms with Crippen molar-refractivity contribution in [1.82, 2.24) is 20.5 Å². The molecule has 1 saturated carbocycles. The third-order valence-corrected chi connectivity index (χ3v) is 8.46. The molecule has 2 heterocycles. The summed E-state index contributed by atoms with van der Waals surface area (Å²) in [5.41, 5.74) is 5.06. The van der Waals surface area contributed by atoms with Crippen LogP contribution in [-0.4, -0.2) is 60.0 Å². The van der Waals surface area contributed by atoms with Crippen molar-refractivity contribution in [3.63, 3.8) is 0 Å². The first-order chi connectivity index (χ1) is 20.9. The Labute approximate surface area is 254 Å². The maximum atomic E-state index is 13.5. The topological polar surface area (TPSA) is 113 Å². The van der Waals surface area contributed by atoms with E-state index in [4.69, 9.17) is 9.72 Å². The van der Waals surface area contributed by atoms with Crippen LogP contribution < -0.4 is 16.0 Å². The standard InChI is InChI=1S/C33H33N5O4S/c1-21-7-8-25(30(39)35-26-13-14-26)19-27(21)36-33-37-28(29(43-33)31(40)34-20-22-5-3-2-4-6-22)23-9-11-24(12-10-23)32(41)38-15-17-42-18-16-38/h2-12,19,26H,13-18,20H2,1H3,(H,34,40)(H,35,39)(H,36,37). The zero-order valence-electron chi connectivity index (χ0n) is 23.9. The van der Waals surface area contributed by atoms with Crippen LogP contribution in [0.2, 0.25) is 0 Å². The van der Waals surface area contributed by atoms with E-state index >= 15 is 0 Å². The number of aromatic nitrogens is 1. The molecule has 0 spiro atoms. The molecule has 220 valence electrons. The summed E-state index contributed by atoms with van der Waals surface area (Å²) in [7, 11) is 0. The van der Waals surface area contributed by atoms with Crippen molar-refractivity contribution < 1.29 is 19.1 Å². The van der Waals surface area contributed by atoms with Gasteiger partial charge in [-0.05, 0) is 55.2 Å². The smallest absolute Gasteiger partial charge is 0.264 e. The Bertz CT molecular complexity index is 1630. The molecule has 3 amide bonds. The quantitative estimate of drug-likeness (QED) is 0.247. The fraction of sp³-hybridized carbons (Fsp3) is 0.273. The van der Waals surface area contributed by atoms with Crippen molar-refractivity contribution in [3.8, 4) is 11.3 Å². The third-order valence-electron chi connectivity index (χ3n) is 7.49. The first-order valence-corrected chi connectivity index (χ1v) is 15.3. The fourth-order valence-electron chi connectivity index (χ4n) is 4.81. The van der Waals surface area contributed by atoms with Crippen molar-refractivity contribution in [2.45, 2.75) is 32.4 Å². The minimum absolute atomic E-state index is 0.0441. The van der Waals surface area contributed by atoms with Crippen molar-refractivity contribution in [1.29, 1.82) is 0 Å². The predicted octanol–water partition coefficient (Wildman–Crippen LogP) is 5.16. The molecule has 10 heteroatoms. The lowest BCUT2D eigenvalue weighted by atomic mass is 10.1. The molecule has 6 rings (SSSR count). The summed E-state index contributed by atoms with van der Waals surface area (Å²) >= 11 is 1.25. The van der Waals surface area contributed by atoms with Gasteiger partial charge in [0, 0.05) is 48.1 Å². The van der Waals surface area contributed by atoms with Gasteiger partial charge in [0.1, 0.15) is 4.88 Å². The average Bonchev–Trinajstić information content (AvgIpc) is 3.77. The SMILES string of the molecule is Cc1ccc(C(=O)NC2CC2)cc1Nc1nc(-c2ccc(C(=O)N3CCOCC3)cc2)c(C(=O)NCc2ccccc2)s1. The molecular weight excluding hydrogens is 562 g/mol. The molecule has 43 heavy (non-hydrogen) atoms. The van der Waals surface area contributed by atoms with Gasteiger partial charge in [-0.1, -0.05) is 59.9 Å². The summed E-state index contributed by atoms with van der Waals surface area (Å²) in [6.07, 6.45) is 2.03. The lowest BCUT2D eigenvalue weighted by Gasteiger charge is -2.26. The van der Waals surface area contributed by atoms with Crippen molar-refractivity contribution >= 4 is 39.9 Å². The minimum atomic E-state index is -0.243. The van der Waals surface area contributed by atoms with Crippen LogP contribution in [-0.2, 0) is 11.3 Å². The maximum Gasteiger partial charge on any atom is 0.264 e. The van der Waals surface area contributed by atoms with Crippen LogP contribution in [0.4, 0.5) is 10.8 Å². The van der Waals surface area contributed by atoms with Gasteiger partial charge in [-0.25, -0.2) is 4.98 Å². The van der Waals surface area contributed by atoms with Crippen molar-refractivity contribution in [2.24, 2.45) is 0 Å². The van der Waals surface area contributed by atoms with Crippen LogP contribution in [0.3, 0.4) is 0 Å². The summed E-state index contributed by atoms with van der Waals surface area (Å²) in [5.74, 6) is -0.386. The number of rotatable bonds is 9. The van der Waals surface area contributed by atoms with Crippen molar-refractivity contribution in [3.05, 3.63) is 99.9 Å². The predicted molar refractivity (Wildman–Crippen MR) is 167 cm³/mol. The average molecular weight is 596 g/mol. The number of benzene rings is 3. The molecule has 0 unspecified atom stereocenters. The molecule has 1 saturated heterocycles. The zero-order valence-corrected chi connectivity index (χ0v) is 24.7. The highest BCUT2D eigenvalue weighted by molar-refractivity contribution is 7.18. The lowest BCUT2D eigenvalue weighted by molar-refractivity contribution is 0.0303. The second-order valence-electron chi connectivity index (χ2n) is 10.7. The largest absolute Gasteiger partial charge is 0.378 e. The van der Waals surface area contributed by atoms with Crippen LogP contribution in [0.15, 0.2) is 72.8 Å². The number of morpholine rings is 1. The molecule has 0 bridgehead atoms. The van der Waals surface area contributed by atoms with Gasteiger partial charge >= 0.3 is 0 Å². The number of hydrogen-bond donors (Lipinski definition) is 3. The van der Waals surface area contributed by atoms with Crippen LogP contribution in [0.1, 0.15) is 54.4 Å². The molecule has 1 aromatic heterocycles. The molecule has 0 atom stereocenters. The molecule has 0 radical (unpaired) electrons. The van der Waals surface area contributed by atoms with Gasteiger partial charge in [-0.2, -0.15) is 0 Å². The van der Waals surface area contributed by atoms with E-state index in [-0.39, 0.29) is 23.8 Å². The van der Waals surface area contributed by atoms with E-state index in [1.165, 1.54) is 11.3 Å². The summed E-state index contributed by atoms with van der Waals surface area (Å²) in [6.45, 7) is 4.54. The maximum absolute atomic E-state index is 13.5. The summed E-state index contributed by atoms with van der Waals surface area (Å²) in [5, 5.41) is 9.91. The number of carbonyl (C=O) groups excluding carboxylic acids is 3. The molecule has 2 fully saturated rings. The Balaban J connectivity index is 1.27. The number of nitrogens with one attached hydrogen (secondary N) is 3. The van der Waals surface area contributed by atoms with Gasteiger partial charge in [-0.15, -0.1) is 0 Å². The Morgan fingerprint density at radius 2 is 1.65 bits per heavy atom. The Morgan fingerprint density at radius 1 is 0.930 bits per heavy atom. The van der Waals surface area contributed by atoms with Gasteiger partial charge < -0.3 is 25.6 Å². The molecule has 1 aliphatic carbocycles. The first-order valence-electron chi connectivity index (χ1n) is 14.4. The molecule has 3 aromatic carbocycles. The Morgan fingerprint density at radius 3 is 2.37 bits per heavy atom. The number of nitrogens with zero attached hydrogens (tertiary/aromatic N) is 2. The van der Waals surface area contributed by atoms with E-state index < -0.39 is 0 Å². The zero-order chi connectivity index (χ0) is 29.8. The van der Waals surface area contributed by atoms with Gasteiger partial charge in [0.25, 0.3) is 17.7 Å². The van der Waals surface area contributed by atoms with E-state index in [0.29, 0.717) is 59.7 Å². The lowest BCUT2D eigenvalue weighted by Crippen LogP contribution is -2.40. The van der Waals surface area contributed by atoms with Gasteiger partial charge in [0.05, 0.1) is 18.9 Å². The monoisotopic (exact) mass is 595 g/mol. The number of hydrogen-bond acceptors (Lipinski definition) is 7. The first kappa shape index (κ1) is 28.6. The molecule has 3 N–H and O–H groups in total. The molecule has 4 aromatic rings. The second kappa shape index (κ2) is 12.8. The number of carbonyl (C=O) groups is 3. The number of amides is 3. The Kier molecular flexibility index (Phi) is 8.48. The van der Waals surface area contributed by atoms with E-state index in [9.17, 15) is 14.4 Å². The van der Waals surface area contributed by atoms with Gasteiger partial charge in [0.15, 0.2) is 5.13 Å². The summed E-state index contributed by atoms with van der Waals surface area (Å²) in [6, 6.07) is 22.7. The van der Waals surface area contributed by atoms with Crippen LogP contribution in [0, 0.1) is 6.92 Å². The minimum Gasteiger partial charge on any atom is -0.378 e. The van der Waals surface area contributed by atoms with Gasteiger partial charge in [0.2, 0.25) is 0 Å². The number of anilines is 2. The van der Waals surface area contributed by atoms with E-state index in [1.807, 2.05) is 67.6 Å². The van der Waals surface area contributed by atoms with Crippen molar-refractivity contribution in [2.75, 3.05) is 31.6 Å². The molecule has 9 nitrogen and oxygen atoms in total. The number of aryl methyl sites for hydroxylation is 1. The fourth-order valence-corrected chi connectivity index (χ4v) is 5.73. The van der Waals surface area contributed by atoms with E-state index in [2.05, 4.69) is 16.0 Å². The highest BCUT2D eigenvalue weighted by Crippen LogP contribution is 2.34. The highest BCUT2D eigenvalue weighted by atomic mass is 32.1. The molecule has 1 aliphatic heterocycles. The molecular formula is C33H33N5O4S. The van der Waals surface area contributed by atoms with Crippen LogP contribution in [0.25, 0.3) is 11.3 Å². The normalized spacial score (nSPS) is 14.7. The van der Waals surface area contributed by atoms with E-state index in [1.54, 1.807) is 17.0 Å².